The molecule has 0 aliphatic carbocycles. The van der Waals surface area contributed by atoms with Crippen molar-refractivity contribution in [2.45, 2.75) is 76.4 Å². The second kappa shape index (κ2) is 16.5. The summed E-state index contributed by atoms with van der Waals surface area (Å²) in [5, 5.41) is 25.7. The Balaban J connectivity index is 4.78. The highest BCUT2D eigenvalue weighted by atomic mass is 16.4. The summed E-state index contributed by atoms with van der Waals surface area (Å²) < 4.78 is 0. The number of rotatable bonds is 17. The van der Waals surface area contributed by atoms with Gasteiger partial charge in [-0.25, -0.2) is 4.79 Å². The number of aliphatic hydroxyl groups excluding tert-OH is 1. The van der Waals surface area contributed by atoms with E-state index in [0.29, 0.717) is 6.42 Å². The number of unbranched alkanes of at least 4 members (excludes halogenated alkanes) is 4. The molecule has 0 spiro atoms. The van der Waals surface area contributed by atoms with Crippen molar-refractivity contribution >= 4 is 23.7 Å². The van der Waals surface area contributed by atoms with Crippen LogP contribution in [0, 0.1) is 0 Å². The summed E-state index contributed by atoms with van der Waals surface area (Å²) in [6.45, 7) is 1.52. The molecule has 0 aromatic carbocycles. The molecule has 3 amide bonds. The molecule has 3 atom stereocenters. The van der Waals surface area contributed by atoms with Crippen LogP contribution in [-0.4, -0.2) is 71.7 Å². The van der Waals surface area contributed by atoms with Crippen molar-refractivity contribution in [3.05, 3.63) is 0 Å². The minimum atomic E-state index is -1.37. The second-order valence-electron chi connectivity index (χ2n) is 7.08. The Kier molecular flexibility index (Phi) is 15.3. The number of nitrogens with two attached hydrogens (primary N) is 2. The molecule has 0 unspecified atom stereocenters. The zero-order valence-electron chi connectivity index (χ0n) is 17.7. The third-order valence-corrected chi connectivity index (χ3v) is 4.50. The molecule has 0 heterocycles. The van der Waals surface area contributed by atoms with E-state index in [1.165, 1.54) is 0 Å². The van der Waals surface area contributed by atoms with Crippen molar-refractivity contribution in [3.63, 3.8) is 0 Å². The first-order valence-corrected chi connectivity index (χ1v) is 10.4. The van der Waals surface area contributed by atoms with Crippen molar-refractivity contribution in [1.82, 2.24) is 16.0 Å². The SMILES string of the molecule is CCCCCCCC(=O)N[C@@H](CCN)C(=O)N[C@@H](CO)C(=O)N[C@@H](CCN)C(=O)O. The Bertz CT molecular complexity index is 546. The summed E-state index contributed by atoms with van der Waals surface area (Å²) in [5.74, 6) is -3.11. The normalized spacial score (nSPS) is 13.7. The Morgan fingerprint density at radius 2 is 1.33 bits per heavy atom. The number of hydrogen-bond donors (Lipinski definition) is 7. The van der Waals surface area contributed by atoms with Crippen LogP contribution in [0.1, 0.15) is 58.3 Å². The number of carboxylic acid groups (broad SMARTS) is 1. The van der Waals surface area contributed by atoms with Crippen LogP contribution in [0.5, 0.6) is 0 Å². The molecule has 9 N–H and O–H groups in total. The lowest BCUT2D eigenvalue weighted by molar-refractivity contribution is -0.142. The van der Waals surface area contributed by atoms with Crippen molar-refractivity contribution in [2.75, 3.05) is 19.7 Å². The van der Waals surface area contributed by atoms with E-state index < -0.39 is 42.5 Å². The number of carbonyl (C=O) groups is 4. The van der Waals surface area contributed by atoms with Crippen molar-refractivity contribution < 1.29 is 29.4 Å². The minimum Gasteiger partial charge on any atom is -0.480 e. The predicted molar refractivity (Wildman–Crippen MR) is 111 cm³/mol. The average molecular weight is 432 g/mol. The fraction of sp³-hybridized carbons (Fsp3) is 0.789. The summed E-state index contributed by atoms with van der Waals surface area (Å²) in [7, 11) is 0. The highest BCUT2D eigenvalue weighted by Crippen LogP contribution is 2.05. The molecule has 0 aliphatic heterocycles. The molecule has 0 saturated carbocycles. The van der Waals surface area contributed by atoms with Crippen LogP contribution in [0.15, 0.2) is 0 Å². The van der Waals surface area contributed by atoms with Gasteiger partial charge >= 0.3 is 5.97 Å². The van der Waals surface area contributed by atoms with E-state index >= 15 is 0 Å². The minimum absolute atomic E-state index is 0.00270. The van der Waals surface area contributed by atoms with Gasteiger partial charge in [0.2, 0.25) is 17.7 Å². The molecule has 0 saturated heterocycles. The standard InChI is InChI=1S/C19H37N5O6/c1-2-3-4-5-6-7-16(26)22-13(8-10-20)17(27)24-15(12-25)18(28)23-14(9-11-21)19(29)30/h13-15,25H,2-12,20-21H2,1H3,(H,22,26)(H,23,28)(H,24,27)(H,29,30)/t13-,14-,15-/m0/s1. The number of amides is 3. The van der Waals surface area contributed by atoms with Gasteiger partial charge in [0.05, 0.1) is 6.61 Å². The Labute approximate surface area is 177 Å². The molecule has 0 aromatic rings. The number of nitrogens with one attached hydrogen (secondary N) is 3. The van der Waals surface area contributed by atoms with Crippen LogP contribution in [0.25, 0.3) is 0 Å². The van der Waals surface area contributed by atoms with Crippen LogP contribution in [-0.2, 0) is 19.2 Å². The largest absolute Gasteiger partial charge is 0.480 e. The summed E-state index contributed by atoms with van der Waals surface area (Å²) in [5.41, 5.74) is 10.8. The number of aliphatic hydroxyl groups is 1. The smallest absolute Gasteiger partial charge is 0.326 e. The third kappa shape index (κ3) is 11.7. The molecule has 11 heteroatoms. The first-order chi connectivity index (χ1) is 14.3. The Morgan fingerprint density at radius 3 is 1.87 bits per heavy atom. The number of carboxylic acids is 1. The third-order valence-electron chi connectivity index (χ3n) is 4.50. The average Bonchev–Trinajstić information content (AvgIpc) is 2.70. The van der Waals surface area contributed by atoms with Crippen LogP contribution >= 0.6 is 0 Å². The topological polar surface area (TPSA) is 197 Å². The summed E-state index contributed by atoms with van der Waals surface area (Å²) in [6.07, 6.45) is 5.32. The number of aliphatic carboxylic acids is 1. The lowest BCUT2D eigenvalue weighted by Crippen LogP contribution is -2.57. The highest BCUT2D eigenvalue weighted by molar-refractivity contribution is 5.93. The monoisotopic (exact) mass is 431 g/mol. The first kappa shape index (κ1) is 27.8. The molecule has 0 bridgehead atoms. The quantitative estimate of drug-likeness (QED) is 0.136. The molecular weight excluding hydrogens is 394 g/mol. The van der Waals surface area contributed by atoms with Crippen molar-refractivity contribution in [2.24, 2.45) is 11.5 Å². The van der Waals surface area contributed by atoms with E-state index in [-0.39, 0.29) is 38.3 Å². The highest BCUT2D eigenvalue weighted by Gasteiger charge is 2.28. The van der Waals surface area contributed by atoms with Gasteiger partial charge in [-0.05, 0) is 32.4 Å². The van der Waals surface area contributed by atoms with Crippen LogP contribution in [0.4, 0.5) is 0 Å². The van der Waals surface area contributed by atoms with Crippen molar-refractivity contribution in [1.29, 1.82) is 0 Å². The maximum absolute atomic E-state index is 12.5. The maximum atomic E-state index is 12.5. The second-order valence-corrected chi connectivity index (χ2v) is 7.08. The van der Waals surface area contributed by atoms with E-state index in [0.717, 1.165) is 25.7 Å². The summed E-state index contributed by atoms with van der Waals surface area (Å²) in [4.78, 5) is 48.0. The molecule has 0 aromatic heterocycles. The van der Waals surface area contributed by atoms with E-state index in [9.17, 15) is 24.3 Å². The van der Waals surface area contributed by atoms with E-state index in [1.807, 2.05) is 0 Å². The lowest BCUT2D eigenvalue weighted by Gasteiger charge is -2.23. The molecule has 30 heavy (non-hydrogen) atoms. The number of hydrogen-bond acceptors (Lipinski definition) is 7. The van der Waals surface area contributed by atoms with Gasteiger partial charge in [0.1, 0.15) is 18.1 Å². The van der Waals surface area contributed by atoms with Crippen LogP contribution < -0.4 is 27.4 Å². The van der Waals surface area contributed by atoms with Gasteiger partial charge in [-0.1, -0.05) is 32.6 Å². The molecule has 11 nitrogen and oxygen atoms in total. The van der Waals surface area contributed by atoms with Gasteiger partial charge in [0.15, 0.2) is 0 Å². The van der Waals surface area contributed by atoms with E-state index in [4.69, 9.17) is 16.6 Å². The van der Waals surface area contributed by atoms with Gasteiger partial charge < -0.3 is 37.6 Å². The van der Waals surface area contributed by atoms with Crippen LogP contribution in [0.3, 0.4) is 0 Å². The van der Waals surface area contributed by atoms with Gasteiger partial charge in [-0.3, -0.25) is 14.4 Å². The van der Waals surface area contributed by atoms with Crippen LogP contribution in [0.2, 0.25) is 0 Å². The molecule has 0 aliphatic rings. The number of carbonyl (C=O) groups excluding carboxylic acids is 3. The fourth-order valence-corrected chi connectivity index (χ4v) is 2.75. The summed E-state index contributed by atoms with van der Waals surface area (Å²) >= 11 is 0. The van der Waals surface area contributed by atoms with Gasteiger partial charge in [0, 0.05) is 6.42 Å². The summed E-state index contributed by atoms with van der Waals surface area (Å²) in [6, 6.07) is -3.57. The van der Waals surface area contributed by atoms with Gasteiger partial charge in [-0.15, -0.1) is 0 Å². The fourth-order valence-electron chi connectivity index (χ4n) is 2.75. The Hall–Kier alpha value is -2.24. The molecule has 174 valence electrons. The van der Waals surface area contributed by atoms with E-state index in [1.54, 1.807) is 0 Å². The first-order valence-electron chi connectivity index (χ1n) is 10.4. The molecule has 0 fully saturated rings. The molecular formula is C19H37N5O6. The molecule has 0 radical (unpaired) electrons. The van der Waals surface area contributed by atoms with Crippen molar-refractivity contribution in [3.8, 4) is 0 Å². The lowest BCUT2D eigenvalue weighted by atomic mass is 10.1. The molecule has 0 rings (SSSR count). The predicted octanol–water partition coefficient (Wildman–Crippen LogP) is -1.42. The maximum Gasteiger partial charge on any atom is 0.326 e. The van der Waals surface area contributed by atoms with E-state index in [2.05, 4.69) is 22.9 Å². The zero-order valence-corrected chi connectivity index (χ0v) is 17.7. The van der Waals surface area contributed by atoms with Gasteiger partial charge in [0.25, 0.3) is 0 Å². The zero-order chi connectivity index (χ0) is 22.9. The van der Waals surface area contributed by atoms with Gasteiger partial charge in [-0.2, -0.15) is 0 Å². The Morgan fingerprint density at radius 1 is 0.800 bits per heavy atom.